The van der Waals surface area contributed by atoms with Gasteiger partial charge in [-0.25, -0.2) is 4.79 Å². The quantitative estimate of drug-likeness (QED) is 0.243. The SMILES string of the molecule is C[C@@H](O)[C@H](NC(=O)[C@H](CCCCN)NC(=O)CN)C(=O)O. The molecule has 0 rings (SSSR count). The van der Waals surface area contributed by atoms with Gasteiger partial charge in [-0.1, -0.05) is 0 Å². The Labute approximate surface area is 123 Å². The summed E-state index contributed by atoms with van der Waals surface area (Å²) < 4.78 is 0. The summed E-state index contributed by atoms with van der Waals surface area (Å²) in [5.41, 5.74) is 10.5. The van der Waals surface area contributed by atoms with Crippen LogP contribution in [0.5, 0.6) is 0 Å². The highest BCUT2D eigenvalue weighted by Crippen LogP contribution is 2.03. The van der Waals surface area contributed by atoms with Crippen molar-refractivity contribution in [3.63, 3.8) is 0 Å². The summed E-state index contributed by atoms with van der Waals surface area (Å²) in [6.45, 7) is 1.42. The number of rotatable bonds is 10. The monoisotopic (exact) mass is 304 g/mol. The highest BCUT2D eigenvalue weighted by molar-refractivity contribution is 5.90. The molecule has 0 aliphatic heterocycles. The van der Waals surface area contributed by atoms with Gasteiger partial charge in [0.05, 0.1) is 12.6 Å². The number of nitrogens with two attached hydrogens (primary N) is 2. The summed E-state index contributed by atoms with van der Waals surface area (Å²) in [5.74, 6) is -2.56. The molecule has 3 atom stereocenters. The number of carboxylic acid groups (broad SMARTS) is 1. The van der Waals surface area contributed by atoms with Gasteiger partial charge >= 0.3 is 5.97 Å². The lowest BCUT2D eigenvalue weighted by Crippen LogP contribution is -2.55. The first-order valence-electron chi connectivity index (χ1n) is 6.74. The molecule has 0 spiro atoms. The third-order valence-corrected chi connectivity index (χ3v) is 2.83. The van der Waals surface area contributed by atoms with Crippen LogP contribution in [0.15, 0.2) is 0 Å². The number of amides is 2. The zero-order valence-electron chi connectivity index (χ0n) is 12.0. The van der Waals surface area contributed by atoms with Crippen molar-refractivity contribution in [2.75, 3.05) is 13.1 Å². The maximum atomic E-state index is 12.0. The summed E-state index contributed by atoms with van der Waals surface area (Å²) in [4.78, 5) is 34.3. The molecule has 0 aliphatic carbocycles. The van der Waals surface area contributed by atoms with Crippen molar-refractivity contribution in [3.8, 4) is 0 Å². The predicted molar refractivity (Wildman–Crippen MR) is 75.1 cm³/mol. The second kappa shape index (κ2) is 10.1. The molecule has 0 heterocycles. The van der Waals surface area contributed by atoms with Crippen molar-refractivity contribution in [3.05, 3.63) is 0 Å². The van der Waals surface area contributed by atoms with E-state index in [2.05, 4.69) is 10.6 Å². The van der Waals surface area contributed by atoms with Crippen molar-refractivity contribution < 1.29 is 24.6 Å². The summed E-state index contributed by atoms with van der Waals surface area (Å²) >= 11 is 0. The van der Waals surface area contributed by atoms with Crippen LogP contribution in [0.4, 0.5) is 0 Å². The molecule has 0 unspecified atom stereocenters. The first kappa shape index (κ1) is 19.3. The molecule has 0 radical (unpaired) electrons. The van der Waals surface area contributed by atoms with Crippen LogP contribution in [-0.4, -0.2) is 59.3 Å². The van der Waals surface area contributed by atoms with Crippen molar-refractivity contribution in [1.29, 1.82) is 0 Å². The van der Waals surface area contributed by atoms with E-state index >= 15 is 0 Å². The molecule has 8 N–H and O–H groups in total. The minimum Gasteiger partial charge on any atom is -0.480 e. The smallest absolute Gasteiger partial charge is 0.328 e. The van der Waals surface area contributed by atoms with Crippen LogP contribution in [0, 0.1) is 0 Å². The Morgan fingerprint density at radius 2 is 1.76 bits per heavy atom. The van der Waals surface area contributed by atoms with Crippen LogP contribution in [0.1, 0.15) is 26.2 Å². The summed E-state index contributed by atoms with van der Waals surface area (Å²) in [6.07, 6.45) is 0.301. The molecule has 0 fully saturated rings. The van der Waals surface area contributed by atoms with E-state index in [4.69, 9.17) is 16.6 Å². The van der Waals surface area contributed by atoms with Crippen molar-refractivity contribution >= 4 is 17.8 Å². The third kappa shape index (κ3) is 7.59. The molecule has 2 amide bonds. The topological polar surface area (TPSA) is 168 Å². The number of aliphatic hydroxyl groups is 1. The zero-order chi connectivity index (χ0) is 16.4. The maximum absolute atomic E-state index is 12.0. The van der Waals surface area contributed by atoms with Crippen LogP contribution in [0.25, 0.3) is 0 Å². The highest BCUT2D eigenvalue weighted by Gasteiger charge is 2.28. The van der Waals surface area contributed by atoms with Gasteiger partial charge < -0.3 is 32.3 Å². The van der Waals surface area contributed by atoms with Crippen LogP contribution in [0.3, 0.4) is 0 Å². The van der Waals surface area contributed by atoms with Crippen LogP contribution < -0.4 is 22.1 Å². The summed E-state index contributed by atoms with van der Waals surface area (Å²) in [7, 11) is 0. The Hall–Kier alpha value is -1.71. The number of hydrogen-bond donors (Lipinski definition) is 6. The van der Waals surface area contributed by atoms with Gasteiger partial charge in [-0.2, -0.15) is 0 Å². The normalized spacial score (nSPS) is 14.9. The van der Waals surface area contributed by atoms with Crippen LogP contribution in [-0.2, 0) is 14.4 Å². The largest absolute Gasteiger partial charge is 0.480 e. The molecular formula is C12H24N4O5. The lowest BCUT2D eigenvalue weighted by atomic mass is 10.1. The minimum atomic E-state index is -1.44. The number of nitrogens with one attached hydrogen (secondary N) is 2. The molecule has 9 nitrogen and oxygen atoms in total. The van der Waals surface area contributed by atoms with Crippen molar-refractivity contribution in [2.24, 2.45) is 11.5 Å². The standard InChI is InChI=1S/C12H24N4O5/c1-7(17)10(12(20)21)16-11(19)8(4-2-3-5-13)15-9(18)6-14/h7-8,10,17H,2-6,13-14H2,1H3,(H,15,18)(H,16,19)(H,20,21)/t7-,8+,10+/m1/s1. The molecule has 0 saturated heterocycles. The van der Waals surface area contributed by atoms with Crippen molar-refractivity contribution in [2.45, 2.75) is 44.4 Å². The van der Waals surface area contributed by atoms with E-state index in [0.717, 1.165) is 0 Å². The molecule has 0 bridgehead atoms. The number of hydrogen-bond acceptors (Lipinski definition) is 6. The maximum Gasteiger partial charge on any atom is 0.328 e. The van der Waals surface area contributed by atoms with E-state index in [1.165, 1.54) is 6.92 Å². The number of carboxylic acids is 1. The van der Waals surface area contributed by atoms with Crippen LogP contribution in [0.2, 0.25) is 0 Å². The summed E-state index contributed by atoms with van der Waals surface area (Å²) in [5, 5.41) is 22.9. The van der Waals surface area contributed by atoms with Gasteiger partial charge in [-0.3, -0.25) is 9.59 Å². The van der Waals surface area contributed by atoms with E-state index in [-0.39, 0.29) is 6.54 Å². The fourth-order valence-electron chi connectivity index (χ4n) is 1.66. The number of carbonyl (C=O) groups is 3. The Balaban J connectivity index is 4.74. The first-order chi connectivity index (χ1) is 9.83. The van der Waals surface area contributed by atoms with Gasteiger partial charge in [0.2, 0.25) is 11.8 Å². The van der Waals surface area contributed by atoms with Gasteiger partial charge in [0.15, 0.2) is 6.04 Å². The molecule has 0 aromatic heterocycles. The second-order valence-corrected chi connectivity index (χ2v) is 4.67. The Morgan fingerprint density at radius 3 is 2.19 bits per heavy atom. The average molecular weight is 304 g/mol. The van der Waals surface area contributed by atoms with Gasteiger partial charge in [-0.05, 0) is 32.7 Å². The number of unbranched alkanes of at least 4 members (excludes halogenated alkanes) is 1. The second-order valence-electron chi connectivity index (χ2n) is 4.67. The number of carbonyl (C=O) groups excluding carboxylic acids is 2. The molecular weight excluding hydrogens is 280 g/mol. The van der Waals surface area contributed by atoms with E-state index in [0.29, 0.717) is 25.8 Å². The van der Waals surface area contributed by atoms with Gasteiger partial charge in [0.25, 0.3) is 0 Å². The lowest BCUT2D eigenvalue weighted by molar-refractivity contribution is -0.145. The molecule has 0 aromatic rings. The molecule has 0 aromatic carbocycles. The molecule has 21 heavy (non-hydrogen) atoms. The van der Waals surface area contributed by atoms with Crippen molar-refractivity contribution in [1.82, 2.24) is 10.6 Å². The summed E-state index contributed by atoms with van der Waals surface area (Å²) in [6, 6.07) is -2.35. The minimum absolute atomic E-state index is 0.278. The van der Waals surface area contributed by atoms with E-state index < -0.39 is 36.0 Å². The van der Waals surface area contributed by atoms with Crippen LogP contribution >= 0.6 is 0 Å². The molecule has 0 aliphatic rings. The number of aliphatic carboxylic acids is 1. The molecule has 122 valence electrons. The Bertz CT molecular complexity index is 362. The first-order valence-corrected chi connectivity index (χ1v) is 6.74. The predicted octanol–water partition coefficient (Wildman–Crippen LogP) is -2.49. The van der Waals surface area contributed by atoms with E-state index in [1.807, 2.05) is 0 Å². The van der Waals surface area contributed by atoms with E-state index in [9.17, 15) is 19.5 Å². The fourth-order valence-corrected chi connectivity index (χ4v) is 1.66. The zero-order valence-corrected chi connectivity index (χ0v) is 12.0. The molecule has 0 saturated carbocycles. The fraction of sp³-hybridized carbons (Fsp3) is 0.750. The Kier molecular flexibility index (Phi) is 9.26. The Morgan fingerprint density at radius 1 is 1.14 bits per heavy atom. The average Bonchev–Trinajstić information content (AvgIpc) is 2.42. The number of aliphatic hydroxyl groups excluding tert-OH is 1. The third-order valence-electron chi connectivity index (χ3n) is 2.83. The highest BCUT2D eigenvalue weighted by atomic mass is 16.4. The van der Waals surface area contributed by atoms with E-state index in [1.54, 1.807) is 0 Å². The van der Waals surface area contributed by atoms with Gasteiger partial charge in [0, 0.05) is 0 Å². The van der Waals surface area contributed by atoms with Gasteiger partial charge in [-0.15, -0.1) is 0 Å². The lowest BCUT2D eigenvalue weighted by Gasteiger charge is -2.22. The molecule has 9 heteroatoms. The van der Waals surface area contributed by atoms with Gasteiger partial charge in [0.1, 0.15) is 6.04 Å².